The van der Waals surface area contributed by atoms with Crippen LogP contribution >= 0.6 is 0 Å². The van der Waals surface area contributed by atoms with Gasteiger partial charge >= 0.3 is 0 Å². The number of aromatic nitrogens is 4. The van der Waals surface area contributed by atoms with Gasteiger partial charge in [0.1, 0.15) is 19.3 Å². The largest absolute Gasteiger partial charge is 0.443 e. The summed E-state index contributed by atoms with van der Waals surface area (Å²) in [5.41, 5.74) is 2.66. The second kappa shape index (κ2) is 12.2. The first-order valence-corrected chi connectivity index (χ1v) is 20.9. The van der Waals surface area contributed by atoms with E-state index in [1.807, 2.05) is 10.7 Å². The zero-order valence-electron chi connectivity index (χ0n) is 23.4. The standard InChI is InChI=1S/C26H44N6O3Si2/c1-36(2,3)12-10-33-19-31(20-34-11-13-37(4,5)6)25-14-23(21-8-7-9-27-15-21)30-26-22(16-29-32(25)26)24-17-28-18-35-24/h14,16-18,21,27H,7-13,15,19-20H2,1-6H3. The molecule has 0 amide bonds. The third-order valence-electron chi connectivity index (χ3n) is 6.70. The predicted molar refractivity (Wildman–Crippen MR) is 154 cm³/mol. The Morgan fingerprint density at radius 2 is 1.76 bits per heavy atom. The fraction of sp³-hybridized carbons (Fsp3) is 0.654. The van der Waals surface area contributed by atoms with Gasteiger partial charge in [0.25, 0.3) is 0 Å². The van der Waals surface area contributed by atoms with Crippen molar-refractivity contribution < 1.29 is 13.9 Å². The molecule has 9 nitrogen and oxygen atoms in total. The molecule has 1 fully saturated rings. The number of nitrogens with one attached hydrogen (secondary N) is 1. The molecule has 4 rings (SSSR count). The number of hydrogen-bond acceptors (Lipinski definition) is 8. The van der Waals surface area contributed by atoms with Crippen molar-refractivity contribution in [1.82, 2.24) is 24.9 Å². The van der Waals surface area contributed by atoms with Crippen molar-refractivity contribution in [2.24, 2.45) is 0 Å². The van der Waals surface area contributed by atoms with Crippen molar-refractivity contribution in [3.63, 3.8) is 0 Å². The van der Waals surface area contributed by atoms with Crippen molar-refractivity contribution in [1.29, 1.82) is 0 Å². The maximum atomic E-state index is 6.22. The smallest absolute Gasteiger partial charge is 0.181 e. The molecule has 1 aliphatic rings. The Morgan fingerprint density at radius 1 is 1.05 bits per heavy atom. The number of fused-ring (bicyclic) bond motifs is 1. The summed E-state index contributed by atoms with van der Waals surface area (Å²) in [6.45, 7) is 18.6. The predicted octanol–water partition coefficient (Wildman–Crippen LogP) is 5.28. The van der Waals surface area contributed by atoms with Crippen molar-refractivity contribution >= 4 is 27.6 Å². The van der Waals surface area contributed by atoms with E-state index in [4.69, 9.17) is 24.0 Å². The molecule has 1 unspecified atom stereocenters. The molecule has 1 atom stereocenters. The minimum absolute atomic E-state index is 0.345. The highest BCUT2D eigenvalue weighted by atomic mass is 28.3. The third kappa shape index (κ3) is 7.96. The van der Waals surface area contributed by atoms with E-state index in [1.54, 1.807) is 6.20 Å². The molecular weight excluding hydrogens is 500 g/mol. The van der Waals surface area contributed by atoms with Gasteiger partial charge < -0.3 is 24.1 Å². The number of nitrogens with zero attached hydrogens (tertiary/aromatic N) is 5. The van der Waals surface area contributed by atoms with E-state index in [0.29, 0.717) is 25.1 Å². The molecule has 0 saturated carbocycles. The lowest BCUT2D eigenvalue weighted by Gasteiger charge is -2.28. The van der Waals surface area contributed by atoms with Gasteiger partial charge in [0.15, 0.2) is 17.8 Å². The molecule has 0 radical (unpaired) electrons. The van der Waals surface area contributed by atoms with E-state index >= 15 is 0 Å². The molecular formula is C26H44N6O3Si2. The first kappa shape index (κ1) is 28.0. The first-order chi connectivity index (χ1) is 17.6. The molecule has 11 heteroatoms. The Labute approximate surface area is 223 Å². The molecule has 1 N–H and O–H groups in total. The molecule has 0 bridgehead atoms. The average molecular weight is 545 g/mol. The molecule has 1 saturated heterocycles. The fourth-order valence-corrected chi connectivity index (χ4v) is 5.82. The Hall–Kier alpha value is -2.06. The monoisotopic (exact) mass is 544 g/mol. The first-order valence-electron chi connectivity index (χ1n) is 13.5. The van der Waals surface area contributed by atoms with Gasteiger partial charge in [-0.05, 0) is 31.5 Å². The van der Waals surface area contributed by atoms with Gasteiger partial charge in [-0.1, -0.05) is 39.3 Å². The van der Waals surface area contributed by atoms with E-state index in [9.17, 15) is 0 Å². The molecule has 0 aromatic carbocycles. The zero-order chi connectivity index (χ0) is 26.5. The average Bonchev–Trinajstić information content (AvgIpc) is 3.51. The van der Waals surface area contributed by atoms with Gasteiger partial charge in [-0.15, -0.1) is 0 Å². The number of hydrogen-bond donors (Lipinski definition) is 1. The quantitative estimate of drug-likeness (QED) is 0.177. The second-order valence-electron chi connectivity index (χ2n) is 12.5. The molecule has 204 valence electrons. The Morgan fingerprint density at radius 3 is 2.32 bits per heavy atom. The van der Waals surface area contributed by atoms with Gasteiger partial charge in [-0.25, -0.2) is 9.97 Å². The number of rotatable bonds is 13. The van der Waals surface area contributed by atoms with Crippen molar-refractivity contribution in [3.8, 4) is 11.3 Å². The topological polar surface area (TPSA) is 90.0 Å². The summed E-state index contributed by atoms with van der Waals surface area (Å²) in [5.74, 6) is 1.94. The lowest BCUT2D eigenvalue weighted by molar-refractivity contribution is 0.0942. The van der Waals surface area contributed by atoms with E-state index in [2.05, 4.69) is 60.5 Å². The van der Waals surface area contributed by atoms with Crippen LogP contribution in [0.5, 0.6) is 0 Å². The van der Waals surface area contributed by atoms with Crippen LogP contribution in [0.25, 0.3) is 17.0 Å². The molecule has 37 heavy (non-hydrogen) atoms. The SMILES string of the molecule is C[Si](C)(C)CCOCN(COCC[Si](C)(C)C)c1cc(C2CCCNC2)nc2c(-c3cnco3)cnn12. The molecule has 3 aromatic rings. The normalized spacial score (nSPS) is 17.0. The fourth-order valence-electron chi connectivity index (χ4n) is 4.30. The van der Waals surface area contributed by atoms with Gasteiger partial charge in [-0.3, -0.25) is 0 Å². The zero-order valence-corrected chi connectivity index (χ0v) is 25.4. The van der Waals surface area contributed by atoms with Gasteiger partial charge in [0.05, 0.1) is 23.7 Å². The second-order valence-corrected chi connectivity index (χ2v) is 23.7. The highest BCUT2D eigenvalue weighted by Crippen LogP contribution is 2.31. The van der Waals surface area contributed by atoms with Crippen LogP contribution in [-0.2, 0) is 9.47 Å². The number of piperidine rings is 1. The van der Waals surface area contributed by atoms with E-state index < -0.39 is 16.1 Å². The summed E-state index contributed by atoms with van der Waals surface area (Å²) in [6.07, 6.45) is 7.22. The van der Waals surface area contributed by atoms with Gasteiger partial charge in [0.2, 0.25) is 0 Å². The van der Waals surface area contributed by atoms with Crippen molar-refractivity contribution in [3.05, 3.63) is 30.5 Å². The molecule has 1 aliphatic heterocycles. The van der Waals surface area contributed by atoms with Crippen molar-refractivity contribution in [2.45, 2.75) is 70.1 Å². The number of ether oxygens (including phenoxy) is 2. The van der Waals surface area contributed by atoms with Crippen LogP contribution in [-0.4, -0.2) is 75.5 Å². The molecule has 4 heterocycles. The van der Waals surface area contributed by atoms with Crippen LogP contribution in [0.3, 0.4) is 0 Å². The van der Waals surface area contributed by atoms with Crippen LogP contribution in [0.15, 0.2) is 29.3 Å². The van der Waals surface area contributed by atoms with Crippen LogP contribution in [0.2, 0.25) is 51.4 Å². The lowest BCUT2D eigenvalue weighted by atomic mass is 9.96. The minimum Gasteiger partial charge on any atom is -0.443 e. The molecule has 3 aromatic heterocycles. The van der Waals surface area contributed by atoms with E-state index in [-0.39, 0.29) is 0 Å². The summed E-state index contributed by atoms with van der Waals surface area (Å²) >= 11 is 0. The van der Waals surface area contributed by atoms with Gasteiger partial charge in [-0.2, -0.15) is 9.61 Å². The summed E-state index contributed by atoms with van der Waals surface area (Å²) < 4.78 is 20.0. The maximum Gasteiger partial charge on any atom is 0.181 e. The Balaban J connectivity index is 1.66. The third-order valence-corrected chi connectivity index (χ3v) is 10.1. The molecule has 0 spiro atoms. The Bertz CT molecular complexity index is 1100. The van der Waals surface area contributed by atoms with E-state index in [1.165, 1.54) is 6.39 Å². The van der Waals surface area contributed by atoms with Crippen LogP contribution in [0.4, 0.5) is 5.82 Å². The van der Waals surface area contributed by atoms with Gasteiger partial charge in [0, 0.05) is 47.9 Å². The maximum absolute atomic E-state index is 6.22. The summed E-state index contributed by atoms with van der Waals surface area (Å²) in [4.78, 5) is 11.4. The Kier molecular flexibility index (Phi) is 9.22. The summed E-state index contributed by atoms with van der Waals surface area (Å²) in [6, 6.07) is 4.42. The van der Waals surface area contributed by atoms with Crippen LogP contribution < -0.4 is 10.2 Å². The highest BCUT2D eigenvalue weighted by Gasteiger charge is 2.24. The van der Waals surface area contributed by atoms with Crippen LogP contribution in [0.1, 0.15) is 24.5 Å². The highest BCUT2D eigenvalue weighted by molar-refractivity contribution is 6.76. The summed E-state index contributed by atoms with van der Waals surface area (Å²) in [5, 5.41) is 8.26. The lowest BCUT2D eigenvalue weighted by Crippen LogP contribution is -2.34. The number of anilines is 1. The number of oxazole rings is 1. The van der Waals surface area contributed by atoms with Crippen molar-refractivity contribution in [2.75, 3.05) is 44.7 Å². The minimum atomic E-state index is -1.18. The van der Waals surface area contributed by atoms with Crippen LogP contribution in [0, 0.1) is 0 Å². The van der Waals surface area contributed by atoms with E-state index in [0.717, 1.165) is 74.0 Å². The molecule has 0 aliphatic carbocycles. The summed E-state index contributed by atoms with van der Waals surface area (Å²) in [7, 11) is -2.37.